The second-order valence-corrected chi connectivity index (χ2v) is 8.17. The Bertz CT molecular complexity index is 1240. The molecule has 3 heterocycles. The number of rotatable bonds is 4. The van der Waals surface area contributed by atoms with Crippen LogP contribution in [0.1, 0.15) is 28.2 Å². The molecule has 2 N–H and O–H groups in total. The number of nitrogens with zero attached hydrogens (tertiary/aromatic N) is 2. The first kappa shape index (κ1) is 16.9. The Balaban J connectivity index is 1.50. The van der Waals surface area contributed by atoms with Crippen molar-refractivity contribution >= 4 is 56.1 Å². The average Bonchev–Trinajstić information content (AvgIpc) is 3.27. The van der Waals surface area contributed by atoms with Crippen LogP contribution in [0.3, 0.4) is 0 Å². The molecule has 1 aliphatic rings. The van der Waals surface area contributed by atoms with Gasteiger partial charge < -0.3 is 10.6 Å². The van der Waals surface area contributed by atoms with E-state index in [9.17, 15) is 9.59 Å². The number of fused-ring (bicyclic) bond motifs is 2. The number of thiophene rings is 1. The lowest BCUT2D eigenvalue weighted by Gasteiger charge is -2.10. The van der Waals surface area contributed by atoms with Crippen molar-refractivity contribution in [2.24, 2.45) is 0 Å². The highest BCUT2D eigenvalue weighted by atomic mass is 32.1. The van der Waals surface area contributed by atoms with Gasteiger partial charge in [0.15, 0.2) is 6.29 Å². The van der Waals surface area contributed by atoms with Crippen LogP contribution in [0.25, 0.3) is 21.1 Å². The van der Waals surface area contributed by atoms with Gasteiger partial charge in [-0.1, -0.05) is 0 Å². The first-order chi connectivity index (χ1) is 13.6. The summed E-state index contributed by atoms with van der Waals surface area (Å²) in [6.45, 7) is 1.94. The molecule has 28 heavy (non-hydrogen) atoms. The maximum Gasteiger partial charge on any atom is 0.326 e. The van der Waals surface area contributed by atoms with Crippen molar-refractivity contribution in [3.63, 3.8) is 0 Å². The molecule has 0 bridgehead atoms. The normalized spacial score (nSPS) is 13.8. The van der Waals surface area contributed by atoms with E-state index in [-0.39, 0.29) is 6.03 Å². The molecule has 1 aliphatic carbocycles. The molecule has 0 unspecified atom stereocenters. The van der Waals surface area contributed by atoms with Crippen molar-refractivity contribution in [2.45, 2.75) is 25.8 Å². The lowest BCUT2D eigenvalue weighted by Crippen LogP contribution is -2.30. The molecule has 1 amide bonds. The molecule has 1 aromatic carbocycles. The van der Waals surface area contributed by atoms with Gasteiger partial charge in [-0.2, -0.15) is 0 Å². The fraction of sp³-hybridized carbons (Fsp3) is 0.190. The fourth-order valence-corrected chi connectivity index (χ4v) is 4.34. The zero-order valence-corrected chi connectivity index (χ0v) is 16.0. The van der Waals surface area contributed by atoms with Crippen molar-refractivity contribution in [1.29, 1.82) is 0 Å². The minimum atomic E-state index is -0.0634. The lowest BCUT2D eigenvalue weighted by molar-refractivity contribution is 0.112. The SMILES string of the molecule is Cc1cc2cc(Nc3ccnc4cc(C=O)sc34)ccc2n1C(=O)NC1CC1. The molecule has 4 aromatic rings. The highest BCUT2D eigenvalue weighted by Crippen LogP contribution is 2.33. The largest absolute Gasteiger partial charge is 0.354 e. The van der Waals surface area contributed by atoms with E-state index in [1.807, 2.05) is 37.3 Å². The second kappa shape index (κ2) is 6.45. The molecule has 3 aromatic heterocycles. The second-order valence-electron chi connectivity index (χ2n) is 7.08. The van der Waals surface area contributed by atoms with Crippen molar-refractivity contribution < 1.29 is 9.59 Å². The molecule has 7 heteroatoms. The van der Waals surface area contributed by atoms with E-state index in [1.54, 1.807) is 16.8 Å². The van der Waals surface area contributed by atoms with Crippen LogP contribution in [-0.2, 0) is 0 Å². The van der Waals surface area contributed by atoms with Gasteiger partial charge in [-0.15, -0.1) is 11.3 Å². The van der Waals surface area contributed by atoms with E-state index in [4.69, 9.17) is 0 Å². The highest BCUT2D eigenvalue weighted by molar-refractivity contribution is 7.21. The summed E-state index contributed by atoms with van der Waals surface area (Å²) < 4.78 is 2.68. The van der Waals surface area contributed by atoms with E-state index >= 15 is 0 Å². The van der Waals surface area contributed by atoms with E-state index in [2.05, 4.69) is 15.6 Å². The maximum atomic E-state index is 12.5. The van der Waals surface area contributed by atoms with Gasteiger partial charge in [-0.05, 0) is 56.2 Å². The number of pyridine rings is 1. The van der Waals surface area contributed by atoms with Gasteiger partial charge in [0.05, 0.1) is 26.3 Å². The Labute approximate surface area is 165 Å². The summed E-state index contributed by atoms with van der Waals surface area (Å²) >= 11 is 1.42. The predicted molar refractivity (Wildman–Crippen MR) is 112 cm³/mol. The van der Waals surface area contributed by atoms with Gasteiger partial charge >= 0.3 is 6.03 Å². The van der Waals surface area contributed by atoms with Gasteiger partial charge in [-0.3, -0.25) is 14.3 Å². The molecule has 5 rings (SSSR count). The number of aromatic nitrogens is 2. The highest BCUT2D eigenvalue weighted by Gasteiger charge is 2.25. The van der Waals surface area contributed by atoms with Crippen LogP contribution in [-0.4, -0.2) is 27.9 Å². The maximum absolute atomic E-state index is 12.5. The molecular weight excluding hydrogens is 372 g/mol. The van der Waals surface area contributed by atoms with Crippen LogP contribution in [0.15, 0.2) is 42.6 Å². The van der Waals surface area contributed by atoms with Crippen LogP contribution in [0, 0.1) is 6.92 Å². The standard InChI is InChI=1S/C21H18N4O2S/c1-12-8-13-9-15(4-5-19(13)25(12)21(27)24-14-2-3-14)23-17-6-7-22-18-10-16(11-26)28-20(17)18/h4-11,14H,2-3H2,1H3,(H,22,23)(H,24,27). The lowest BCUT2D eigenvalue weighted by atomic mass is 10.2. The molecule has 140 valence electrons. The predicted octanol–water partition coefficient (Wildman–Crippen LogP) is 4.84. The topological polar surface area (TPSA) is 76.0 Å². The zero-order valence-electron chi connectivity index (χ0n) is 15.2. The molecule has 1 fully saturated rings. The van der Waals surface area contributed by atoms with E-state index in [1.165, 1.54) is 11.3 Å². The molecule has 6 nitrogen and oxygen atoms in total. The van der Waals surface area contributed by atoms with E-state index in [0.29, 0.717) is 10.9 Å². The Morgan fingerprint density at radius 2 is 2.11 bits per heavy atom. The van der Waals surface area contributed by atoms with Crippen LogP contribution < -0.4 is 10.6 Å². The van der Waals surface area contributed by atoms with E-state index < -0.39 is 0 Å². The number of aldehydes is 1. The van der Waals surface area contributed by atoms with Crippen molar-refractivity contribution in [2.75, 3.05) is 5.32 Å². The quantitative estimate of drug-likeness (QED) is 0.489. The van der Waals surface area contributed by atoms with E-state index in [0.717, 1.165) is 57.3 Å². The fourth-order valence-electron chi connectivity index (χ4n) is 3.44. The van der Waals surface area contributed by atoms with Crippen LogP contribution in [0.4, 0.5) is 16.2 Å². The molecule has 0 aliphatic heterocycles. The monoisotopic (exact) mass is 390 g/mol. The molecule has 0 radical (unpaired) electrons. The Kier molecular flexibility index (Phi) is 3.91. The summed E-state index contributed by atoms with van der Waals surface area (Å²) in [6, 6.07) is 11.9. The number of anilines is 2. The summed E-state index contributed by atoms with van der Waals surface area (Å²) in [6.07, 6.45) is 4.70. The smallest absolute Gasteiger partial charge is 0.326 e. The third-order valence-corrected chi connectivity index (χ3v) is 6.00. The van der Waals surface area contributed by atoms with Gasteiger partial charge in [0.1, 0.15) is 0 Å². The van der Waals surface area contributed by atoms with Gasteiger partial charge in [-0.25, -0.2) is 4.79 Å². The number of amides is 1. The number of hydrogen-bond acceptors (Lipinski definition) is 5. The van der Waals surface area contributed by atoms with Crippen molar-refractivity contribution in [3.8, 4) is 0 Å². The average molecular weight is 390 g/mol. The summed E-state index contributed by atoms with van der Waals surface area (Å²) in [4.78, 5) is 28.6. The molecule has 0 atom stereocenters. The number of hydrogen-bond donors (Lipinski definition) is 2. The van der Waals surface area contributed by atoms with Gasteiger partial charge in [0.25, 0.3) is 0 Å². The molecule has 0 spiro atoms. The minimum absolute atomic E-state index is 0.0634. The van der Waals surface area contributed by atoms with Gasteiger partial charge in [0, 0.05) is 29.0 Å². The Morgan fingerprint density at radius 3 is 2.89 bits per heavy atom. The number of carbonyl (C=O) groups is 2. The Morgan fingerprint density at radius 1 is 1.25 bits per heavy atom. The number of aryl methyl sites for hydroxylation is 1. The summed E-state index contributed by atoms with van der Waals surface area (Å²) in [5.74, 6) is 0. The third kappa shape index (κ3) is 2.93. The first-order valence-electron chi connectivity index (χ1n) is 9.16. The molecule has 0 saturated heterocycles. The number of carbonyl (C=O) groups excluding carboxylic acids is 2. The zero-order chi connectivity index (χ0) is 19.3. The summed E-state index contributed by atoms with van der Waals surface area (Å²) in [7, 11) is 0. The minimum Gasteiger partial charge on any atom is -0.354 e. The summed E-state index contributed by atoms with van der Waals surface area (Å²) in [5.41, 5.74) is 4.42. The molecule has 1 saturated carbocycles. The number of nitrogens with one attached hydrogen (secondary N) is 2. The molecular formula is C21H18N4O2S. The summed E-state index contributed by atoms with van der Waals surface area (Å²) in [5, 5.41) is 7.47. The van der Waals surface area contributed by atoms with Crippen LogP contribution in [0.2, 0.25) is 0 Å². The third-order valence-electron chi connectivity index (χ3n) is 4.92. The van der Waals surface area contributed by atoms with Crippen LogP contribution in [0.5, 0.6) is 0 Å². The van der Waals surface area contributed by atoms with Crippen molar-refractivity contribution in [1.82, 2.24) is 14.9 Å². The Hall–Kier alpha value is -3.19. The van der Waals surface area contributed by atoms with Gasteiger partial charge in [0.2, 0.25) is 0 Å². The first-order valence-corrected chi connectivity index (χ1v) is 9.98. The number of benzene rings is 1. The van der Waals surface area contributed by atoms with Crippen molar-refractivity contribution in [3.05, 3.63) is 53.2 Å². The van der Waals surface area contributed by atoms with Crippen LogP contribution >= 0.6 is 11.3 Å².